The Hall–Kier alpha value is -2.20. The predicted molar refractivity (Wildman–Crippen MR) is 103 cm³/mol. The van der Waals surface area contributed by atoms with E-state index >= 15 is 0 Å². The van der Waals surface area contributed by atoms with Crippen molar-refractivity contribution in [2.45, 2.75) is 57.1 Å². The first-order valence-corrected chi connectivity index (χ1v) is 10.6. The van der Waals surface area contributed by atoms with E-state index in [9.17, 15) is 23.3 Å². The van der Waals surface area contributed by atoms with Gasteiger partial charge in [0.15, 0.2) is 4.90 Å². The van der Waals surface area contributed by atoms with Crippen LogP contribution in [-0.4, -0.2) is 49.1 Å². The minimum atomic E-state index is -4.04. The van der Waals surface area contributed by atoms with Gasteiger partial charge in [0.25, 0.3) is 5.69 Å². The summed E-state index contributed by atoms with van der Waals surface area (Å²) in [6.07, 6.45) is 0.846. The van der Waals surface area contributed by atoms with Crippen LogP contribution in [0.1, 0.15) is 40.5 Å². The second kappa shape index (κ2) is 8.44. The average molecular weight is 413 g/mol. The van der Waals surface area contributed by atoms with Gasteiger partial charge in [0.1, 0.15) is 5.60 Å². The lowest BCUT2D eigenvalue weighted by atomic mass is 9.91. The van der Waals surface area contributed by atoms with Crippen LogP contribution in [0.25, 0.3) is 0 Å². The Bertz CT molecular complexity index is 826. The molecule has 1 amide bonds. The van der Waals surface area contributed by atoms with Crippen LogP contribution < -0.4 is 4.72 Å². The number of carbonyl (C=O) groups is 1. The molecular weight excluding hydrogens is 386 g/mol. The molecule has 1 aliphatic rings. The van der Waals surface area contributed by atoms with E-state index in [1.807, 2.05) is 0 Å². The first-order chi connectivity index (χ1) is 12.9. The first kappa shape index (κ1) is 22.1. The lowest BCUT2D eigenvalue weighted by Gasteiger charge is -2.35. The molecule has 0 radical (unpaired) electrons. The number of nitro benzene ring substituents is 1. The zero-order chi connectivity index (χ0) is 21.1. The van der Waals surface area contributed by atoms with Gasteiger partial charge in [-0.1, -0.05) is 12.1 Å². The Morgan fingerprint density at radius 2 is 1.86 bits per heavy atom. The smallest absolute Gasteiger partial charge is 0.410 e. The van der Waals surface area contributed by atoms with Gasteiger partial charge in [-0.15, -0.1) is 0 Å². The van der Waals surface area contributed by atoms with E-state index in [1.54, 1.807) is 32.6 Å². The Morgan fingerprint density at radius 1 is 1.29 bits per heavy atom. The highest BCUT2D eigenvalue weighted by atomic mass is 32.2. The number of para-hydroxylation sites is 1. The SMILES string of the molecule is CC(NS(=O)(=O)c1ccccc1[N+](=O)[O-])C1CCN(C(=O)OC(C)(C)C)CC1. The van der Waals surface area contributed by atoms with Gasteiger partial charge < -0.3 is 9.64 Å². The Balaban J connectivity index is 2.00. The van der Waals surface area contributed by atoms with Crippen molar-refractivity contribution in [1.82, 2.24) is 9.62 Å². The van der Waals surface area contributed by atoms with Crippen molar-refractivity contribution in [3.05, 3.63) is 34.4 Å². The predicted octanol–water partition coefficient (Wildman–Crippen LogP) is 2.91. The molecule has 1 atom stereocenters. The van der Waals surface area contributed by atoms with E-state index in [1.165, 1.54) is 24.3 Å². The number of sulfonamides is 1. The van der Waals surface area contributed by atoms with Gasteiger partial charge >= 0.3 is 6.09 Å². The highest BCUT2D eigenvalue weighted by Crippen LogP contribution is 2.26. The van der Waals surface area contributed by atoms with Gasteiger partial charge in [-0.25, -0.2) is 17.9 Å². The van der Waals surface area contributed by atoms with Crippen LogP contribution in [0.15, 0.2) is 29.2 Å². The van der Waals surface area contributed by atoms with E-state index in [2.05, 4.69) is 4.72 Å². The molecule has 28 heavy (non-hydrogen) atoms. The van der Waals surface area contributed by atoms with Crippen molar-refractivity contribution in [3.63, 3.8) is 0 Å². The number of piperidine rings is 1. The molecule has 0 aliphatic carbocycles. The van der Waals surface area contributed by atoms with Crippen LogP contribution in [0.3, 0.4) is 0 Å². The summed E-state index contributed by atoms with van der Waals surface area (Å²) in [5.74, 6) is 0.0104. The van der Waals surface area contributed by atoms with Gasteiger partial charge in [-0.2, -0.15) is 0 Å². The van der Waals surface area contributed by atoms with E-state index in [0.717, 1.165) is 0 Å². The third-order valence-electron chi connectivity index (χ3n) is 4.59. The number of nitrogens with zero attached hydrogens (tertiary/aromatic N) is 2. The van der Waals surface area contributed by atoms with Crippen molar-refractivity contribution >= 4 is 21.8 Å². The Morgan fingerprint density at radius 3 is 2.39 bits per heavy atom. The monoisotopic (exact) mass is 413 g/mol. The Kier molecular flexibility index (Phi) is 6.66. The van der Waals surface area contributed by atoms with Gasteiger partial charge in [0.2, 0.25) is 10.0 Å². The molecule has 0 bridgehead atoms. The summed E-state index contributed by atoms with van der Waals surface area (Å²) < 4.78 is 33.2. The maximum Gasteiger partial charge on any atom is 0.410 e. The third-order valence-corrected chi connectivity index (χ3v) is 6.20. The lowest BCUT2D eigenvalue weighted by molar-refractivity contribution is -0.387. The summed E-state index contributed by atoms with van der Waals surface area (Å²) in [6, 6.07) is 4.83. The number of ether oxygens (including phenoxy) is 1. The molecule has 1 unspecified atom stereocenters. The number of amides is 1. The molecule has 0 aromatic heterocycles. The van der Waals surface area contributed by atoms with Crippen LogP contribution in [0.2, 0.25) is 0 Å². The molecule has 1 aliphatic heterocycles. The third kappa shape index (κ3) is 5.65. The van der Waals surface area contributed by atoms with E-state index in [-0.39, 0.29) is 16.9 Å². The molecule has 1 saturated heterocycles. The second-order valence-corrected chi connectivity index (χ2v) is 9.62. The number of likely N-dealkylation sites (tertiary alicyclic amines) is 1. The van der Waals surface area contributed by atoms with E-state index < -0.39 is 32.3 Å². The highest BCUT2D eigenvalue weighted by Gasteiger charge is 2.32. The van der Waals surface area contributed by atoms with Crippen LogP contribution >= 0.6 is 0 Å². The summed E-state index contributed by atoms with van der Waals surface area (Å²) in [4.78, 5) is 23.8. The molecule has 0 spiro atoms. The molecule has 1 N–H and O–H groups in total. The standard InChI is InChI=1S/C18H27N3O6S/c1-13(14-9-11-20(12-10-14)17(22)27-18(2,3)4)19-28(25,26)16-8-6-5-7-15(16)21(23)24/h5-8,13-14,19H,9-12H2,1-4H3. The molecule has 9 nitrogen and oxygen atoms in total. The van der Waals surface area contributed by atoms with Crippen molar-refractivity contribution in [2.75, 3.05) is 13.1 Å². The maximum absolute atomic E-state index is 12.6. The molecule has 1 aromatic carbocycles. The maximum atomic E-state index is 12.6. The van der Waals surface area contributed by atoms with E-state index in [0.29, 0.717) is 25.9 Å². The van der Waals surface area contributed by atoms with Gasteiger partial charge in [-0.05, 0) is 52.5 Å². The van der Waals surface area contributed by atoms with Crippen LogP contribution in [-0.2, 0) is 14.8 Å². The van der Waals surface area contributed by atoms with Crippen molar-refractivity contribution in [1.29, 1.82) is 0 Å². The number of hydrogen-bond acceptors (Lipinski definition) is 6. The summed E-state index contributed by atoms with van der Waals surface area (Å²) >= 11 is 0. The van der Waals surface area contributed by atoms with E-state index in [4.69, 9.17) is 4.74 Å². The minimum absolute atomic E-state index is 0.0104. The quantitative estimate of drug-likeness (QED) is 0.585. The summed E-state index contributed by atoms with van der Waals surface area (Å²) in [7, 11) is -4.04. The molecule has 156 valence electrons. The van der Waals surface area contributed by atoms with Gasteiger partial charge in [-0.3, -0.25) is 10.1 Å². The summed E-state index contributed by atoms with van der Waals surface area (Å²) in [5.41, 5.74) is -1.02. The minimum Gasteiger partial charge on any atom is -0.444 e. The number of carbonyl (C=O) groups excluding carboxylic acids is 1. The van der Waals surface area contributed by atoms with Crippen molar-refractivity contribution in [3.8, 4) is 0 Å². The fourth-order valence-electron chi connectivity index (χ4n) is 3.15. The van der Waals surface area contributed by atoms with Gasteiger partial charge in [0.05, 0.1) is 4.92 Å². The number of benzene rings is 1. The first-order valence-electron chi connectivity index (χ1n) is 9.14. The molecule has 1 fully saturated rings. The highest BCUT2D eigenvalue weighted by molar-refractivity contribution is 7.89. The largest absolute Gasteiger partial charge is 0.444 e. The summed E-state index contributed by atoms with van der Waals surface area (Å²) in [5, 5.41) is 11.1. The number of nitrogens with one attached hydrogen (secondary N) is 1. The van der Waals surface area contributed by atoms with Crippen molar-refractivity contribution in [2.24, 2.45) is 5.92 Å². The number of rotatable bonds is 5. The van der Waals surface area contributed by atoms with Crippen LogP contribution in [0.4, 0.5) is 10.5 Å². The topological polar surface area (TPSA) is 119 Å². The molecule has 2 rings (SSSR count). The average Bonchev–Trinajstić information content (AvgIpc) is 2.60. The lowest BCUT2D eigenvalue weighted by Crippen LogP contribution is -2.46. The van der Waals surface area contributed by atoms with Crippen LogP contribution in [0.5, 0.6) is 0 Å². The fraction of sp³-hybridized carbons (Fsp3) is 0.611. The molecule has 1 heterocycles. The van der Waals surface area contributed by atoms with Crippen LogP contribution in [0, 0.1) is 16.0 Å². The number of hydrogen-bond donors (Lipinski definition) is 1. The normalized spacial score (nSPS) is 17.2. The molecule has 0 saturated carbocycles. The Labute approximate surface area is 165 Å². The second-order valence-electron chi connectivity index (χ2n) is 7.94. The molecule has 10 heteroatoms. The molecular formula is C18H27N3O6S. The fourth-order valence-corrected chi connectivity index (χ4v) is 4.63. The van der Waals surface area contributed by atoms with Gasteiger partial charge in [0, 0.05) is 25.2 Å². The van der Waals surface area contributed by atoms with Crippen molar-refractivity contribution < 1.29 is 22.9 Å². The zero-order valence-electron chi connectivity index (χ0n) is 16.5. The number of nitro groups is 1. The molecule has 1 aromatic rings. The summed E-state index contributed by atoms with van der Waals surface area (Å²) in [6.45, 7) is 8.08. The zero-order valence-corrected chi connectivity index (χ0v) is 17.4.